The lowest BCUT2D eigenvalue weighted by Crippen LogP contribution is -2.38. The SMILES string of the molecule is Clc1cnc(CNC2CC3CC2C2CCCC32)s1. The number of fused-ring (bicyclic) bond motifs is 5. The molecule has 2 bridgehead atoms. The maximum Gasteiger partial charge on any atom is 0.113 e. The first kappa shape index (κ1) is 11.7. The maximum absolute atomic E-state index is 5.92. The summed E-state index contributed by atoms with van der Waals surface area (Å²) in [7, 11) is 0. The Morgan fingerprint density at radius 2 is 2.17 bits per heavy atom. The van der Waals surface area contributed by atoms with Gasteiger partial charge in [-0.25, -0.2) is 4.98 Å². The lowest BCUT2D eigenvalue weighted by Gasteiger charge is -2.32. The first-order valence-electron chi connectivity index (χ1n) is 7.15. The molecule has 0 saturated heterocycles. The fourth-order valence-corrected chi connectivity index (χ4v) is 5.80. The molecule has 0 spiro atoms. The van der Waals surface area contributed by atoms with E-state index in [1.807, 2.05) is 0 Å². The molecule has 1 heterocycles. The van der Waals surface area contributed by atoms with Crippen molar-refractivity contribution < 1.29 is 0 Å². The summed E-state index contributed by atoms with van der Waals surface area (Å²) in [5, 5.41) is 4.87. The number of nitrogens with one attached hydrogen (secondary N) is 1. The average molecular weight is 283 g/mol. The summed E-state index contributed by atoms with van der Waals surface area (Å²) in [6.45, 7) is 0.905. The van der Waals surface area contributed by atoms with E-state index in [1.54, 1.807) is 17.5 Å². The molecule has 3 fully saturated rings. The molecule has 0 radical (unpaired) electrons. The molecule has 5 atom stereocenters. The van der Waals surface area contributed by atoms with Crippen molar-refractivity contribution in [2.24, 2.45) is 23.7 Å². The van der Waals surface area contributed by atoms with Crippen molar-refractivity contribution >= 4 is 22.9 Å². The molecule has 98 valence electrons. The average Bonchev–Trinajstić information content (AvgIpc) is 3.08. The molecule has 1 aromatic heterocycles. The second-order valence-corrected chi connectivity index (χ2v) is 7.95. The van der Waals surface area contributed by atoms with Gasteiger partial charge in [0.05, 0.1) is 6.20 Å². The zero-order valence-electron chi connectivity index (χ0n) is 10.4. The quantitative estimate of drug-likeness (QED) is 0.914. The van der Waals surface area contributed by atoms with E-state index in [0.29, 0.717) is 0 Å². The van der Waals surface area contributed by atoms with E-state index in [1.165, 1.54) is 32.1 Å². The third-order valence-electron chi connectivity index (χ3n) is 5.47. The maximum atomic E-state index is 5.92. The van der Waals surface area contributed by atoms with Crippen molar-refractivity contribution in [3.63, 3.8) is 0 Å². The van der Waals surface area contributed by atoms with Gasteiger partial charge in [0.15, 0.2) is 0 Å². The second kappa shape index (κ2) is 4.46. The summed E-state index contributed by atoms with van der Waals surface area (Å²) < 4.78 is 0.801. The molecule has 3 aliphatic carbocycles. The third kappa shape index (κ3) is 1.83. The largest absolute Gasteiger partial charge is 0.307 e. The van der Waals surface area contributed by atoms with E-state index in [-0.39, 0.29) is 0 Å². The van der Waals surface area contributed by atoms with Crippen LogP contribution in [0.25, 0.3) is 0 Å². The molecule has 4 heteroatoms. The number of hydrogen-bond donors (Lipinski definition) is 1. The van der Waals surface area contributed by atoms with Crippen LogP contribution < -0.4 is 5.32 Å². The highest BCUT2D eigenvalue weighted by atomic mass is 35.5. The topological polar surface area (TPSA) is 24.9 Å². The van der Waals surface area contributed by atoms with Gasteiger partial charge >= 0.3 is 0 Å². The number of aromatic nitrogens is 1. The Labute approximate surface area is 117 Å². The molecule has 0 aliphatic heterocycles. The molecule has 18 heavy (non-hydrogen) atoms. The highest BCUT2D eigenvalue weighted by Crippen LogP contribution is 2.58. The number of nitrogens with zero attached hydrogens (tertiary/aromatic N) is 1. The Bertz CT molecular complexity index is 447. The first-order chi connectivity index (χ1) is 8.81. The van der Waals surface area contributed by atoms with Crippen LogP contribution in [0.4, 0.5) is 0 Å². The minimum atomic E-state index is 0.747. The van der Waals surface area contributed by atoms with Gasteiger partial charge in [-0.1, -0.05) is 18.0 Å². The van der Waals surface area contributed by atoms with Crippen molar-refractivity contribution in [2.45, 2.75) is 44.7 Å². The first-order valence-corrected chi connectivity index (χ1v) is 8.34. The van der Waals surface area contributed by atoms with E-state index in [9.17, 15) is 0 Å². The van der Waals surface area contributed by atoms with Crippen molar-refractivity contribution in [1.82, 2.24) is 10.3 Å². The summed E-state index contributed by atoms with van der Waals surface area (Å²) in [5.74, 6) is 4.11. The Balaban J connectivity index is 1.39. The van der Waals surface area contributed by atoms with Gasteiger partial charge in [-0.3, -0.25) is 0 Å². The lowest BCUT2D eigenvalue weighted by atomic mass is 9.79. The Morgan fingerprint density at radius 1 is 1.28 bits per heavy atom. The predicted molar refractivity (Wildman–Crippen MR) is 74.8 cm³/mol. The van der Waals surface area contributed by atoms with E-state index in [0.717, 1.165) is 45.6 Å². The fourth-order valence-electron chi connectivity index (χ4n) is 4.89. The van der Waals surface area contributed by atoms with E-state index in [4.69, 9.17) is 11.6 Å². The van der Waals surface area contributed by atoms with Crippen LogP contribution in [0.5, 0.6) is 0 Å². The second-order valence-electron chi connectivity index (χ2n) is 6.20. The highest BCUT2D eigenvalue weighted by molar-refractivity contribution is 7.15. The van der Waals surface area contributed by atoms with Gasteiger partial charge in [0.25, 0.3) is 0 Å². The minimum Gasteiger partial charge on any atom is -0.307 e. The summed E-state index contributed by atoms with van der Waals surface area (Å²) in [5.41, 5.74) is 0. The van der Waals surface area contributed by atoms with Crippen molar-refractivity contribution in [1.29, 1.82) is 0 Å². The molecule has 1 aromatic rings. The van der Waals surface area contributed by atoms with Crippen LogP contribution in [-0.2, 0) is 6.54 Å². The van der Waals surface area contributed by atoms with Crippen LogP contribution in [-0.4, -0.2) is 11.0 Å². The number of halogens is 1. The molecule has 2 nitrogen and oxygen atoms in total. The lowest BCUT2D eigenvalue weighted by molar-refractivity contribution is 0.208. The van der Waals surface area contributed by atoms with Gasteiger partial charge in [0.2, 0.25) is 0 Å². The van der Waals surface area contributed by atoms with Gasteiger partial charge in [-0.15, -0.1) is 11.3 Å². The van der Waals surface area contributed by atoms with Gasteiger partial charge < -0.3 is 5.32 Å². The van der Waals surface area contributed by atoms with Crippen LogP contribution in [0.3, 0.4) is 0 Å². The summed E-state index contributed by atoms with van der Waals surface area (Å²) in [4.78, 5) is 4.33. The Kier molecular flexibility index (Phi) is 2.90. The zero-order valence-corrected chi connectivity index (χ0v) is 12.0. The van der Waals surface area contributed by atoms with Crippen LogP contribution in [0.15, 0.2) is 6.20 Å². The third-order valence-corrected chi connectivity index (χ3v) is 6.58. The van der Waals surface area contributed by atoms with Gasteiger partial charge in [0.1, 0.15) is 9.34 Å². The number of thiazole rings is 1. The molecule has 1 N–H and O–H groups in total. The summed E-state index contributed by atoms with van der Waals surface area (Å²) in [6, 6.07) is 0.747. The van der Waals surface area contributed by atoms with Crippen LogP contribution in [0.2, 0.25) is 4.34 Å². The Hall–Kier alpha value is -0.120. The van der Waals surface area contributed by atoms with E-state index < -0.39 is 0 Å². The molecule has 3 saturated carbocycles. The molecule has 0 aromatic carbocycles. The molecule has 3 aliphatic rings. The molecule has 0 amide bonds. The Morgan fingerprint density at radius 3 is 3.00 bits per heavy atom. The smallest absolute Gasteiger partial charge is 0.113 e. The molecule has 5 unspecified atom stereocenters. The van der Waals surface area contributed by atoms with Gasteiger partial charge in [-0.2, -0.15) is 0 Å². The normalized spacial score (nSPS) is 41.5. The van der Waals surface area contributed by atoms with E-state index >= 15 is 0 Å². The molecular weight excluding hydrogens is 264 g/mol. The molecular formula is C14H19ClN2S. The van der Waals surface area contributed by atoms with Crippen LogP contribution in [0.1, 0.15) is 37.1 Å². The van der Waals surface area contributed by atoms with Crippen molar-refractivity contribution in [3.05, 3.63) is 15.5 Å². The monoisotopic (exact) mass is 282 g/mol. The highest BCUT2D eigenvalue weighted by Gasteiger charge is 2.53. The van der Waals surface area contributed by atoms with Gasteiger partial charge in [0, 0.05) is 12.6 Å². The fraction of sp³-hybridized carbons (Fsp3) is 0.786. The minimum absolute atomic E-state index is 0.747. The van der Waals surface area contributed by atoms with E-state index in [2.05, 4.69) is 10.3 Å². The van der Waals surface area contributed by atoms with Crippen molar-refractivity contribution in [3.8, 4) is 0 Å². The summed E-state index contributed by atoms with van der Waals surface area (Å²) in [6.07, 6.45) is 9.15. The zero-order chi connectivity index (χ0) is 12.1. The van der Waals surface area contributed by atoms with Gasteiger partial charge in [-0.05, 0) is 49.4 Å². The van der Waals surface area contributed by atoms with Crippen LogP contribution >= 0.6 is 22.9 Å². The van der Waals surface area contributed by atoms with Crippen LogP contribution in [0, 0.1) is 23.7 Å². The summed E-state index contributed by atoms with van der Waals surface area (Å²) >= 11 is 7.52. The standard InChI is InChI=1S/C14H19ClN2S/c15-13-6-17-14(18-13)7-16-12-5-8-4-11(12)10-3-1-2-9(8)10/h6,8-12,16H,1-5,7H2. The predicted octanol–water partition coefficient (Wildman–Crippen LogP) is 3.71. The van der Waals surface area contributed by atoms with Crippen molar-refractivity contribution in [2.75, 3.05) is 0 Å². The number of rotatable bonds is 3. The number of hydrogen-bond acceptors (Lipinski definition) is 3. The molecule has 4 rings (SSSR count).